The monoisotopic (exact) mass is 372 g/mol. The van der Waals surface area contributed by atoms with E-state index in [1.54, 1.807) is 28.4 Å². The van der Waals surface area contributed by atoms with Crippen LogP contribution in [-0.2, 0) is 6.42 Å². The third-order valence-electron chi connectivity index (χ3n) is 5.78. The number of rotatable bonds is 5. The van der Waals surface area contributed by atoms with Crippen molar-refractivity contribution < 1.29 is 24.1 Å². The Kier molecular flexibility index (Phi) is 5.24. The Morgan fingerprint density at radius 1 is 0.852 bits per heavy atom. The van der Waals surface area contributed by atoms with E-state index in [0.717, 1.165) is 16.7 Å². The molecule has 0 bridgehead atoms. The lowest BCUT2D eigenvalue weighted by atomic mass is 9.65. The molecule has 1 N–H and O–H groups in total. The summed E-state index contributed by atoms with van der Waals surface area (Å²) in [6.07, 6.45) is 0.563. The molecule has 0 amide bonds. The highest BCUT2D eigenvalue weighted by molar-refractivity contribution is 5.54. The van der Waals surface area contributed by atoms with E-state index in [9.17, 15) is 5.11 Å². The van der Waals surface area contributed by atoms with E-state index in [0.29, 0.717) is 29.4 Å². The third kappa shape index (κ3) is 3.32. The standard InChI is InChI=1S/C22H28O5/c1-13-21(14-7-8-17(24-3)18(9-14)25-4)16-11-20(27-6)19(26-5)10-15(16)12-22(13,2)23/h7-11,13,21,23H,12H2,1-6H3/t13-,21+,22-/m0/s1. The summed E-state index contributed by atoms with van der Waals surface area (Å²) in [5.41, 5.74) is 2.42. The van der Waals surface area contributed by atoms with Crippen molar-refractivity contribution in [3.05, 3.63) is 47.0 Å². The fourth-order valence-electron chi connectivity index (χ4n) is 4.07. The molecule has 0 aliphatic heterocycles. The SMILES string of the molecule is COc1ccc([C@@H]2c3cc(OC)c(OC)cc3C[C@](C)(O)[C@H]2C)cc1OC. The lowest BCUT2D eigenvalue weighted by Crippen LogP contribution is -2.43. The molecular weight excluding hydrogens is 344 g/mol. The topological polar surface area (TPSA) is 57.2 Å². The summed E-state index contributed by atoms with van der Waals surface area (Å²) in [5.74, 6) is 2.71. The third-order valence-corrected chi connectivity index (χ3v) is 5.78. The van der Waals surface area contributed by atoms with Gasteiger partial charge >= 0.3 is 0 Å². The average Bonchev–Trinajstić information content (AvgIpc) is 2.67. The fraction of sp³-hybridized carbons (Fsp3) is 0.455. The summed E-state index contributed by atoms with van der Waals surface area (Å²) >= 11 is 0. The van der Waals surface area contributed by atoms with Crippen LogP contribution in [0.25, 0.3) is 0 Å². The van der Waals surface area contributed by atoms with Crippen molar-refractivity contribution in [2.45, 2.75) is 31.8 Å². The fourth-order valence-corrected chi connectivity index (χ4v) is 4.07. The van der Waals surface area contributed by atoms with Gasteiger partial charge in [-0.1, -0.05) is 13.0 Å². The largest absolute Gasteiger partial charge is 0.493 e. The Morgan fingerprint density at radius 2 is 1.41 bits per heavy atom. The van der Waals surface area contributed by atoms with Crippen LogP contribution in [0.2, 0.25) is 0 Å². The van der Waals surface area contributed by atoms with Crippen molar-refractivity contribution in [2.75, 3.05) is 28.4 Å². The molecule has 0 unspecified atom stereocenters. The summed E-state index contributed by atoms with van der Waals surface area (Å²) in [6.45, 7) is 3.98. The highest BCUT2D eigenvalue weighted by Gasteiger charge is 2.42. The Hall–Kier alpha value is -2.40. The zero-order chi connectivity index (χ0) is 19.8. The van der Waals surface area contributed by atoms with Crippen LogP contribution in [0.4, 0.5) is 0 Å². The van der Waals surface area contributed by atoms with Gasteiger partial charge in [0.1, 0.15) is 0 Å². The second-order valence-corrected chi connectivity index (χ2v) is 7.32. The molecule has 146 valence electrons. The minimum atomic E-state index is -0.843. The molecule has 0 spiro atoms. The average molecular weight is 372 g/mol. The highest BCUT2D eigenvalue weighted by Crippen LogP contribution is 2.49. The predicted molar refractivity (Wildman–Crippen MR) is 104 cm³/mol. The van der Waals surface area contributed by atoms with E-state index in [2.05, 4.69) is 6.92 Å². The lowest BCUT2D eigenvalue weighted by molar-refractivity contribution is -0.00739. The second kappa shape index (κ2) is 7.31. The van der Waals surface area contributed by atoms with Gasteiger partial charge in [0.25, 0.3) is 0 Å². The Labute approximate surface area is 160 Å². The zero-order valence-corrected chi connectivity index (χ0v) is 16.8. The van der Waals surface area contributed by atoms with E-state index < -0.39 is 5.60 Å². The van der Waals surface area contributed by atoms with Crippen LogP contribution in [0.15, 0.2) is 30.3 Å². The zero-order valence-electron chi connectivity index (χ0n) is 16.8. The molecule has 0 heterocycles. The molecule has 3 atom stereocenters. The van der Waals surface area contributed by atoms with Gasteiger partial charge in [0.05, 0.1) is 34.0 Å². The number of hydrogen-bond acceptors (Lipinski definition) is 5. The van der Waals surface area contributed by atoms with Crippen LogP contribution in [-0.4, -0.2) is 39.1 Å². The van der Waals surface area contributed by atoms with Gasteiger partial charge in [-0.15, -0.1) is 0 Å². The molecule has 0 saturated carbocycles. The van der Waals surface area contributed by atoms with E-state index in [1.807, 2.05) is 37.3 Å². The normalized spacial score (nSPS) is 24.1. The maximum absolute atomic E-state index is 11.1. The van der Waals surface area contributed by atoms with Crippen molar-refractivity contribution in [2.24, 2.45) is 5.92 Å². The first kappa shape index (κ1) is 19.4. The van der Waals surface area contributed by atoms with E-state index in [1.165, 1.54) is 0 Å². The maximum Gasteiger partial charge on any atom is 0.161 e. The molecule has 1 aliphatic carbocycles. The number of methoxy groups -OCH3 is 4. The number of aliphatic hydroxyl groups is 1. The van der Waals surface area contributed by atoms with Crippen LogP contribution in [0.5, 0.6) is 23.0 Å². The van der Waals surface area contributed by atoms with Crippen molar-refractivity contribution in [3.63, 3.8) is 0 Å². The predicted octanol–water partition coefficient (Wildman–Crippen LogP) is 3.80. The Morgan fingerprint density at radius 3 is 2.00 bits per heavy atom. The van der Waals surface area contributed by atoms with Gasteiger partial charge in [0, 0.05) is 12.3 Å². The van der Waals surface area contributed by atoms with Gasteiger partial charge in [-0.25, -0.2) is 0 Å². The minimum absolute atomic E-state index is 0.00111. The first-order chi connectivity index (χ1) is 12.9. The molecule has 27 heavy (non-hydrogen) atoms. The van der Waals surface area contributed by atoms with Gasteiger partial charge in [0.15, 0.2) is 23.0 Å². The summed E-state index contributed by atoms with van der Waals surface area (Å²) in [5, 5.41) is 11.1. The molecule has 2 aromatic rings. The van der Waals surface area contributed by atoms with Crippen molar-refractivity contribution >= 4 is 0 Å². The molecule has 0 saturated heterocycles. The number of hydrogen-bond donors (Lipinski definition) is 1. The Bertz CT molecular complexity index is 828. The number of benzene rings is 2. The van der Waals surface area contributed by atoms with Gasteiger partial charge < -0.3 is 24.1 Å². The first-order valence-corrected chi connectivity index (χ1v) is 9.05. The van der Waals surface area contributed by atoms with Gasteiger partial charge in [-0.3, -0.25) is 0 Å². The summed E-state index contributed by atoms with van der Waals surface area (Å²) in [6, 6.07) is 9.93. The molecule has 2 aromatic carbocycles. The van der Waals surface area contributed by atoms with E-state index >= 15 is 0 Å². The van der Waals surface area contributed by atoms with Gasteiger partial charge in [0.2, 0.25) is 0 Å². The summed E-state index contributed by atoms with van der Waals surface area (Å²) < 4.78 is 21.8. The van der Waals surface area contributed by atoms with Gasteiger partial charge in [-0.2, -0.15) is 0 Å². The van der Waals surface area contributed by atoms with Crippen LogP contribution < -0.4 is 18.9 Å². The highest BCUT2D eigenvalue weighted by atomic mass is 16.5. The smallest absolute Gasteiger partial charge is 0.161 e. The molecule has 0 radical (unpaired) electrons. The molecule has 3 rings (SSSR count). The van der Waals surface area contributed by atoms with Crippen molar-refractivity contribution in [3.8, 4) is 23.0 Å². The van der Waals surface area contributed by atoms with Crippen LogP contribution in [0, 0.1) is 5.92 Å². The van der Waals surface area contributed by atoms with E-state index in [-0.39, 0.29) is 11.8 Å². The molecule has 5 nitrogen and oxygen atoms in total. The molecule has 0 aromatic heterocycles. The first-order valence-electron chi connectivity index (χ1n) is 9.05. The maximum atomic E-state index is 11.1. The molecular formula is C22H28O5. The summed E-state index contributed by atoms with van der Waals surface area (Å²) in [7, 11) is 6.51. The molecule has 1 aliphatic rings. The summed E-state index contributed by atoms with van der Waals surface area (Å²) in [4.78, 5) is 0. The molecule has 0 fully saturated rings. The van der Waals surface area contributed by atoms with Crippen LogP contribution >= 0.6 is 0 Å². The minimum Gasteiger partial charge on any atom is -0.493 e. The lowest BCUT2D eigenvalue weighted by Gasteiger charge is -2.42. The van der Waals surface area contributed by atoms with E-state index in [4.69, 9.17) is 18.9 Å². The van der Waals surface area contributed by atoms with Crippen LogP contribution in [0.3, 0.4) is 0 Å². The number of fused-ring (bicyclic) bond motifs is 1. The van der Waals surface area contributed by atoms with Crippen molar-refractivity contribution in [1.29, 1.82) is 0 Å². The van der Waals surface area contributed by atoms with Crippen LogP contribution in [0.1, 0.15) is 36.5 Å². The second-order valence-electron chi connectivity index (χ2n) is 7.32. The van der Waals surface area contributed by atoms with Crippen molar-refractivity contribution in [1.82, 2.24) is 0 Å². The Balaban J connectivity index is 2.20. The number of ether oxygens (including phenoxy) is 4. The quantitative estimate of drug-likeness (QED) is 0.865. The molecule has 5 heteroatoms. The van der Waals surface area contributed by atoms with Gasteiger partial charge in [-0.05, 0) is 53.8 Å².